The summed E-state index contributed by atoms with van der Waals surface area (Å²) in [6.45, 7) is 4.90. The number of alkyl halides is 3. The first kappa shape index (κ1) is 16.3. The van der Waals surface area contributed by atoms with Crippen LogP contribution in [0.1, 0.15) is 31.0 Å². The first-order valence-corrected chi connectivity index (χ1v) is 7.27. The standard InChI is InChI=1S/C14H22F3N3O/c1-10(18-7-13-8-21-19-11(13)2)12-3-5-20(6-4-12)9-14(15,16)17/h8,10,12,18H,3-7,9H2,1-2H3. The monoisotopic (exact) mass is 305 g/mol. The van der Waals surface area contributed by atoms with E-state index in [0.717, 1.165) is 24.1 Å². The first-order chi connectivity index (χ1) is 9.85. The first-order valence-electron chi connectivity index (χ1n) is 7.27. The van der Waals surface area contributed by atoms with E-state index in [-0.39, 0.29) is 6.04 Å². The van der Waals surface area contributed by atoms with E-state index in [0.29, 0.717) is 25.6 Å². The summed E-state index contributed by atoms with van der Waals surface area (Å²) in [5.41, 5.74) is 1.89. The zero-order valence-electron chi connectivity index (χ0n) is 12.4. The van der Waals surface area contributed by atoms with E-state index >= 15 is 0 Å². The molecule has 1 atom stereocenters. The van der Waals surface area contributed by atoms with E-state index in [9.17, 15) is 13.2 Å². The summed E-state index contributed by atoms with van der Waals surface area (Å²) in [5.74, 6) is 0.412. The second-order valence-electron chi connectivity index (χ2n) is 5.82. The fourth-order valence-electron chi connectivity index (χ4n) is 2.78. The summed E-state index contributed by atoms with van der Waals surface area (Å²) in [6.07, 6.45) is -0.872. The van der Waals surface area contributed by atoms with Crippen molar-refractivity contribution in [1.29, 1.82) is 0 Å². The van der Waals surface area contributed by atoms with Gasteiger partial charge in [-0.3, -0.25) is 4.90 Å². The van der Waals surface area contributed by atoms with Gasteiger partial charge in [0.15, 0.2) is 0 Å². The highest BCUT2D eigenvalue weighted by Crippen LogP contribution is 2.24. The molecule has 1 aliphatic rings. The number of piperidine rings is 1. The molecule has 1 saturated heterocycles. The van der Waals surface area contributed by atoms with Gasteiger partial charge in [-0.1, -0.05) is 5.16 Å². The van der Waals surface area contributed by atoms with Crippen LogP contribution in [-0.2, 0) is 6.54 Å². The van der Waals surface area contributed by atoms with Gasteiger partial charge in [0, 0.05) is 18.2 Å². The minimum absolute atomic E-state index is 0.271. The minimum Gasteiger partial charge on any atom is -0.364 e. The van der Waals surface area contributed by atoms with Crippen molar-refractivity contribution >= 4 is 0 Å². The third kappa shape index (κ3) is 5.00. The molecule has 1 fully saturated rings. The number of nitrogens with zero attached hydrogens (tertiary/aromatic N) is 2. The normalized spacial score (nSPS) is 19.9. The molecule has 0 amide bonds. The second-order valence-corrected chi connectivity index (χ2v) is 5.82. The van der Waals surface area contributed by atoms with Gasteiger partial charge in [0.2, 0.25) is 0 Å². The summed E-state index contributed by atoms with van der Waals surface area (Å²) in [6, 6.07) is 0.271. The predicted octanol–water partition coefficient (Wildman–Crippen LogP) is 2.74. The number of nitrogens with one attached hydrogen (secondary N) is 1. The van der Waals surface area contributed by atoms with Crippen LogP contribution in [0.2, 0.25) is 0 Å². The van der Waals surface area contributed by atoms with Crippen molar-refractivity contribution in [2.24, 2.45) is 5.92 Å². The highest BCUT2D eigenvalue weighted by Gasteiger charge is 2.33. The predicted molar refractivity (Wildman–Crippen MR) is 72.8 cm³/mol. The highest BCUT2D eigenvalue weighted by atomic mass is 19.4. The number of rotatable bonds is 5. The third-order valence-electron chi connectivity index (χ3n) is 4.21. The smallest absolute Gasteiger partial charge is 0.364 e. The van der Waals surface area contributed by atoms with Crippen molar-refractivity contribution in [3.8, 4) is 0 Å². The van der Waals surface area contributed by atoms with Gasteiger partial charge < -0.3 is 9.84 Å². The molecule has 0 spiro atoms. The molecule has 7 heteroatoms. The average molecular weight is 305 g/mol. The maximum absolute atomic E-state index is 12.3. The molecule has 0 saturated carbocycles. The van der Waals surface area contributed by atoms with E-state index in [2.05, 4.69) is 17.4 Å². The van der Waals surface area contributed by atoms with Crippen molar-refractivity contribution in [3.05, 3.63) is 17.5 Å². The van der Waals surface area contributed by atoms with E-state index in [1.807, 2.05) is 6.92 Å². The van der Waals surface area contributed by atoms with Crippen LogP contribution in [0.5, 0.6) is 0 Å². The Hall–Kier alpha value is -1.08. The van der Waals surface area contributed by atoms with Crippen LogP contribution in [0, 0.1) is 12.8 Å². The molecule has 1 aromatic heterocycles. The summed E-state index contributed by atoms with van der Waals surface area (Å²) in [7, 11) is 0. The van der Waals surface area contributed by atoms with Gasteiger partial charge in [0.1, 0.15) is 6.26 Å². The second kappa shape index (κ2) is 6.79. The third-order valence-corrected chi connectivity index (χ3v) is 4.21. The minimum atomic E-state index is -4.09. The largest absolute Gasteiger partial charge is 0.401 e. The Bertz CT molecular complexity index is 439. The lowest BCUT2D eigenvalue weighted by Crippen LogP contribution is -2.44. The van der Waals surface area contributed by atoms with Crippen LogP contribution in [0.3, 0.4) is 0 Å². The molecule has 1 aromatic rings. The van der Waals surface area contributed by atoms with Crippen LogP contribution in [-0.4, -0.2) is 41.9 Å². The highest BCUT2D eigenvalue weighted by molar-refractivity contribution is 5.12. The summed E-state index contributed by atoms with van der Waals surface area (Å²) < 4.78 is 41.9. The Labute approximate surface area is 122 Å². The van der Waals surface area contributed by atoms with Gasteiger partial charge in [-0.2, -0.15) is 13.2 Å². The molecule has 1 unspecified atom stereocenters. The molecule has 0 aromatic carbocycles. The number of aromatic nitrogens is 1. The molecular formula is C14H22F3N3O. The topological polar surface area (TPSA) is 41.3 Å². The van der Waals surface area contributed by atoms with Gasteiger partial charge in [0.25, 0.3) is 0 Å². The SMILES string of the molecule is Cc1nocc1CNC(C)C1CCN(CC(F)(F)F)CC1. The van der Waals surface area contributed by atoms with Crippen LogP contribution in [0.25, 0.3) is 0 Å². The summed E-state index contributed by atoms with van der Waals surface area (Å²) in [5, 5.41) is 7.24. The van der Waals surface area contributed by atoms with Gasteiger partial charge in [0.05, 0.1) is 12.2 Å². The Morgan fingerprint density at radius 3 is 2.62 bits per heavy atom. The molecule has 0 aliphatic carbocycles. The molecule has 1 aliphatic heterocycles. The van der Waals surface area contributed by atoms with Gasteiger partial charge in [-0.05, 0) is 45.7 Å². The lowest BCUT2D eigenvalue weighted by atomic mass is 9.90. The van der Waals surface area contributed by atoms with Crippen molar-refractivity contribution in [3.63, 3.8) is 0 Å². The summed E-state index contributed by atoms with van der Waals surface area (Å²) in [4.78, 5) is 1.49. The number of aryl methyl sites for hydroxylation is 1. The van der Waals surface area contributed by atoms with Crippen molar-refractivity contribution in [1.82, 2.24) is 15.4 Å². The van der Waals surface area contributed by atoms with Gasteiger partial charge in [-0.25, -0.2) is 0 Å². The lowest BCUT2D eigenvalue weighted by Gasteiger charge is -2.35. The molecule has 2 heterocycles. The van der Waals surface area contributed by atoms with Gasteiger partial charge >= 0.3 is 6.18 Å². The Morgan fingerprint density at radius 1 is 1.43 bits per heavy atom. The van der Waals surface area contributed by atoms with Crippen LogP contribution >= 0.6 is 0 Å². The van der Waals surface area contributed by atoms with Crippen LogP contribution in [0.4, 0.5) is 13.2 Å². The molecule has 4 nitrogen and oxygen atoms in total. The Kier molecular flexibility index (Phi) is 5.27. The van der Waals surface area contributed by atoms with Crippen molar-refractivity contribution in [2.45, 2.75) is 45.5 Å². The molecule has 120 valence electrons. The van der Waals surface area contributed by atoms with Crippen molar-refractivity contribution < 1.29 is 17.7 Å². The zero-order valence-corrected chi connectivity index (χ0v) is 12.4. The van der Waals surface area contributed by atoms with E-state index < -0.39 is 12.7 Å². The fraction of sp³-hybridized carbons (Fsp3) is 0.786. The summed E-state index contributed by atoms with van der Waals surface area (Å²) >= 11 is 0. The van der Waals surface area contributed by atoms with Crippen LogP contribution < -0.4 is 5.32 Å². The maximum atomic E-state index is 12.3. The van der Waals surface area contributed by atoms with Crippen molar-refractivity contribution in [2.75, 3.05) is 19.6 Å². The molecule has 1 N–H and O–H groups in total. The molecular weight excluding hydrogens is 283 g/mol. The number of likely N-dealkylation sites (tertiary alicyclic amines) is 1. The fourth-order valence-corrected chi connectivity index (χ4v) is 2.78. The number of hydrogen-bond acceptors (Lipinski definition) is 4. The van der Waals surface area contributed by atoms with E-state index in [4.69, 9.17) is 4.52 Å². The molecule has 2 rings (SSSR count). The Balaban J connectivity index is 1.73. The number of halogens is 3. The van der Waals surface area contributed by atoms with Crippen LogP contribution in [0.15, 0.2) is 10.8 Å². The van der Waals surface area contributed by atoms with E-state index in [1.54, 1.807) is 6.26 Å². The van der Waals surface area contributed by atoms with Gasteiger partial charge in [-0.15, -0.1) is 0 Å². The van der Waals surface area contributed by atoms with E-state index in [1.165, 1.54) is 4.90 Å². The number of hydrogen-bond donors (Lipinski definition) is 1. The lowest BCUT2D eigenvalue weighted by molar-refractivity contribution is -0.148. The molecule has 21 heavy (non-hydrogen) atoms. The quantitative estimate of drug-likeness (QED) is 0.908. The Morgan fingerprint density at radius 2 is 2.10 bits per heavy atom. The zero-order chi connectivity index (χ0) is 15.5. The average Bonchev–Trinajstić information content (AvgIpc) is 2.80. The maximum Gasteiger partial charge on any atom is 0.401 e. The molecule has 0 bridgehead atoms. The molecule has 0 radical (unpaired) electrons.